The second-order valence-electron chi connectivity index (χ2n) is 6.95. The van der Waals surface area contributed by atoms with Crippen molar-refractivity contribution in [1.29, 1.82) is 0 Å². The van der Waals surface area contributed by atoms with Crippen LogP contribution < -0.4 is 5.32 Å². The van der Waals surface area contributed by atoms with Gasteiger partial charge in [-0.1, -0.05) is 39.8 Å². The van der Waals surface area contributed by atoms with Gasteiger partial charge >= 0.3 is 0 Å². The summed E-state index contributed by atoms with van der Waals surface area (Å²) in [4.78, 5) is 2.55. The van der Waals surface area contributed by atoms with E-state index in [-0.39, 0.29) is 11.2 Å². The smallest absolute Gasteiger partial charge is 0.123 e. The van der Waals surface area contributed by atoms with Gasteiger partial charge in [0, 0.05) is 31.7 Å². The summed E-state index contributed by atoms with van der Waals surface area (Å²) in [6, 6.07) is 7.99. The minimum Gasteiger partial charge on any atom is -0.311 e. The molecule has 0 radical (unpaired) electrons. The van der Waals surface area contributed by atoms with E-state index in [0.717, 1.165) is 26.1 Å². The number of nitrogens with one attached hydrogen (secondary N) is 1. The Morgan fingerprint density at radius 1 is 1.25 bits per heavy atom. The van der Waals surface area contributed by atoms with Crippen molar-refractivity contribution in [2.24, 2.45) is 5.41 Å². The third kappa shape index (κ3) is 3.80. The Bertz CT molecular complexity index is 422. The Morgan fingerprint density at radius 3 is 2.45 bits per heavy atom. The number of halogens is 1. The molecule has 0 aliphatic carbocycles. The van der Waals surface area contributed by atoms with E-state index in [2.05, 4.69) is 37.9 Å². The third-order valence-electron chi connectivity index (χ3n) is 4.29. The first-order valence-electron chi connectivity index (χ1n) is 7.62. The van der Waals surface area contributed by atoms with E-state index in [0.29, 0.717) is 12.1 Å². The molecular formula is C17H27FN2. The quantitative estimate of drug-likeness (QED) is 0.911. The predicted molar refractivity (Wildman–Crippen MR) is 82.1 cm³/mol. The van der Waals surface area contributed by atoms with Crippen molar-refractivity contribution in [2.75, 3.05) is 13.1 Å². The lowest BCUT2D eigenvalue weighted by atomic mass is 9.83. The van der Waals surface area contributed by atoms with Gasteiger partial charge in [-0.15, -0.1) is 0 Å². The summed E-state index contributed by atoms with van der Waals surface area (Å²) in [5, 5.41) is 3.65. The Balaban J connectivity index is 2.12. The highest BCUT2D eigenvalue weighted by Crippen LogP contribution is 2.28. The first kappa shape index (κ1) is 15.5. The van der Waals surface area contributed by atoms with Crippen molar-refractivity contribution in [2.45, 2.75) is 52.7 Å². The van der Waals surface area contributed by atoms with Crippen LogP contribution in [0.25, 0.3) is 0 Å². The fourth-order valence-electron chi connectivity index (χ4n) is 3.01. The molecule has 1 aliphatic heterocycles. The molecule has 1 saturated heterocycles. The number of nitrogens with zero attached hydrogens (tertiary/aromatic N) is 1. The van der Waals surface area contributed by atoms with Gasteiger partial charge < -0.3 is 5.32 Å². The highest BCUT2D eigenvalue weighted by molar-refractivity contribution is 5.16. The summed E-state index contributed by atoms with van der Waals surface area (Å²) >= 11 is 0. The van der Waals surface area contributed by atoms with E-state index in [1.165, 1.54) is 5.56 Å². The van der Waals surface area contributed by atoms with Crippen LogP contribution in [-0.2, 0) is 6.54 Å². The number of piperazine rings is 1. The number of hydrogen-bond acceptors (Lipinski definition) is 2. The molecule has 0 amide bonds. The lowest BCUT2D eigenvalue weighted by Crippen LogP contribution is -2.59. The normalized spacial score (nSPS) is 24.9. The predicted octanol–water partition coefficient (Wildman–Crippen LogP) is 3.42. The van der Waals surface area contributed by atoms with E-state index in [4.69, 9.17) is 0 Å². The van der Waals surface area contributed by atoms with Crippen LogP contribution in [0.1, 0.15) is 39.7 Å². The molecule has 1 N–H and O–H groups in total. The molecule has 1 aromatic rings. The van der Waals surface area contributed by atoms with E-state index < -0.39 is 0 Å². The van der Waals surface area contributed by atoms with Gasteiger partial charge in [-0.25, -0.2) is 4.39 Å². The van der Waals surface area contributed by atoms with E-state index in [9.17, 15) is 4.39 Å². The molecule has 1 fully saturated rings. The van der Waals surface area contributed by atoms with E-state index in [1.54, 1.807) is 12.1 Å². The fraction of sp³-hybridized carbons (Fsp3) is 0.647. The molecule has 112 valence electrons. The van der Waals surface area contributed by atoms with Gasteiger partial charge in [0.05, 0.1) is 0 Å². The van der Waals surface area contributed by atoms with Crippen LogP contribution in [0, 0.1) is 11.2 Å². The van der Waals surface area contributed by atoms with Crippen LogP contribution in [0.5, 0.6) is 0 Å². The molecule has 2 rings (SSSR count). The maximum Gasteiger partial charge on any atom is 0.123 e. The topological polar surface area (TPSA) is 15.3 Å². The van der Waals surface area contributed by atoms with Gasteiger partial charge in [-0.3, -0.25) is 4.90 Å². The Labute approximate surface area is 122 Å². The van der Waals surface area contributed by atoms with Crippen molar-refractivity contribution in [3.8, 4) is 0 Å². The van der Waals surface area contributed by atoms with Crippen LogP contribution in [0.4, 0.5) is 4.39 Å². The summed E-state index contributed by atoms with van der Waals surface area (Å²) < 4.78 is 13.0. The molecule has 0 aromatic heterocycles. The molecule has 0 bridgehead atoms. The monoisotopic (exact) mass is 278 g/mol. The van der Waals surface area contributed by atoms with E-state index >= 15 is 0 Å². The zero-order chi connectivity index (χ0) is 14.8. The molecule has 2 atom stereocenters. The van der Waals surface area contributed by atoms with Crippen molar-refractivity contribution in [3.05, 3.63) is 35.6 Å². The molecule has 0 saturated carbocycles. The molecule has 20 heavy (non-hydrogen) atoms. The van der Waals surface area contributed by atoms with Gasteiger partial charge in [0.15, 0.2) is 0 Å². The zero-order valence-corrected chi connectivity index (χ0v) is 13.1. The van der Waals surface area contributed by atoms with Crippen molar-refractivity contribution in [1.82, 2.24) is 10.2 Å². The largest absolute Gasteiger partial charge is 0.311 e. The lowest BCUT2D eigenvalue weighted by Gasteiger charge is -2.46. The highest BCUT2D eigenvalue weighted by Gasteiger charge is 2.34. The molecule has 2 nitrogen and oxygen atoms in total. The Morgan fingerprint density at radius 2 is 1.90 bits per heavy atom. The first-order valence-corrected chi connectivity index (χ1v) is 7.62. The summed E-state index contributed by atoms with van der Waals surface area (Å²) in [6.45, 7) is 12.1. The average molecular weight is 278 g/mol. The third-order valence-corrected chi connectivity index (χ3v) is 4.29. The maximum atomic E-state index is 13.0. The van der Waals surface area contributed by atoms with Crippen molar-refractivity contribution in [3.63, 3.8) is 0 Å². The molecule has 1 aliphatic rings. The molecule has 1 heterocycles. The minimum atomic E-state index is -0.159. The number of rotatable bonds is 3. The highest BCUT2D eigenvalue weighted by atomic mass is 19.1. The van der Waals surface area contributed by atoms with Gasteiger partial charge in [-0.2, -0.15) is 0 Å². The van der Waals surface area contributed by atoms with Gasteiger partial charge in [0.1, 0.15) is 5.82 Å². The molecule has 1 aromatic carbocycles. The molecular weight excluding hydrogens is 251 g/mol. The number of benzene rings is 1. The van der Waals surface area contributed by atoms with Crippen LogP contribution >= 0.6 is 0 Å². The average Bonchev–Trinajstić information content (AvgIpc) is 2.40. The van der Waals surface area contributed by atoms with Crippen LogP contribution in [0.15, 0.2) is 24.3 Å². The summed E-state index contributed by atoms with van der Waals surface area (Å²) in [6.07, 6.45) is 1.15. The minimum absolute atomic E-state index is 0.159. The van der Waals surface area contributed by atoms with Crippen molar-refractivity contribution < 1.29 is 4.39 Å². The second kappa shape index (κ2) is 6.23. The number of hydrogen-bond donors (Lipinski definition) is 1. The fourth-order valence-corrected chi connectivity index (χ4v) is 3.01. The summed E-state index contributed by atoms with van der Waals surface area (Å²) in [7, 11) is 0. The summed E-state index contributed by atoms with van der Waals surface area (Å²) in [5.74, 6) is -0.159. The Hall–Kier alpha value is -0.930. The van der Waals surface area contributed by atoms with Crippen molar-refractivity contribution >= 4 is 0 Å². The lowest BCUT2D eigenvalue weighted by molar-refractivity contribution is 0.0485. The zero-order valence-electron chi connectivity index (χ0n) is 13.1. The first-order chi connectivity index (χ1) is 9.40. The molecule has 2 unspecified atom stereocenters. The standard InChI is InChI=1S/C17H27FN2/c1-5-15-12-20(16(10-19-15)17(2,3)4)11-13-6-8-14(18)9-7-13/h6-9,15-16,19H,5,10-12H2,1-4H3. The van der Waals surface area contributed by atoms with Gasteiger partial charge in [0.2, 0.25) is 0 Å². The summed E-state index contributed by atoms with van der Waals surface area (Å²) in [5.41, 5.74) is 1.43. The van der Waals surface area contributed by atoms with Gasteiger partial charge in [0.25, 0.3) is 0 Å². The van der Waals surface area contributed by atoms with Crippen LogP contribution in [0.2, 0.25) is 0 Å². The second-order valence-corrected chi connectivity index (χ2v) is 6.95. The molecule has 3 heteroatoms. The van der Waals surface area contributed by atoms with Crippen LogP contribution in [0.3, 0.4) is 0 Å². The molecule has 0 spiro atoms. The van der Waals surface area contributed by atoms with Gasteiger partial charge in [-0.05, 0) is 29.5 Å². The van der Waals surface area contributed by atoms with Crippen LogP contribution in [-0.4, -0.2) is 30.1 Å². The van der Waals surface area contributed by atoms with E-state index in [1.807, 2.05) is 12.1 Å². The Kier molecular flexibility index (Phi) is 4.82. The SMILES string of the molecule is CCC1CN(Cc2ccc(F)cc2)C(C(C)(C)C)CN1. The maximum absolute atomic E-state index is 13.0.